The molecular formula is C12H8Br2ClFOS. The number of halogens is 4. The van der Waals surface area contributed by atoms with E-state index in [1.165, 1.54) is 17.4 Å². The summed E-state index contributed by atoms with van der Waals surface area (Å²) in [6.07, 6.45) is -0.881. The van der Waals surface area contributed by atoms with Gasteiger partial charge in [-0.3, -0.25) is 0 Å². The van der Waals surface area contributed by atoms with E-state index in [1.54, 1.807) is 13.0 Å². The summed E-state index contributed by atoms with van der Waals surface area (Å²) in [6.45, 7) is 1.64. The van der Waals surface area contributed by atoms with Gasteiger partial charge in [-0.25, -0.2) is 4.39 Å². The van der Waals surface area contributed by atoms with Gasteiger partial charge in [0.1, 0.15) is 11.9 Å². The average molecular weight is 415 g/mol. The van der Waals surface area contributed by atoms with Crippen LogP contribution in [0.25, 0.3) is 0 Å². The Bertz CT molecular complexity index is 600. The summed E-state index contributed by atoms with van der Waals surface area (Å²) in [7, 11) is 0. The van der Waals surface area contributed by atoms with Crippen LogP contribution in [-0.2, 0) is 0 Å². The third-order valence-electron chi connectivity index (χ3n) is 2.55. The molecule has 18 heavy (non-hydrogen) atoms. The lowest BCUT2D eigenvalue weighted by Crippen LogP contribution is -2.01. The highest BCUT2D eigenvalue weighted by atomic mass is 79.9. The third kappa shape index (κ3) is 2.80. The molecule has 1 aromatic carbocycles. The molecule has 1 heterocycles. The monoisotopic (exact) mass is 412 g/mol. The van der Waals surface area contributed by atoms with Gasteiger partial charge in [0.05, 0.1) is 7.57 Å². The van der Waals surface area contributed by atoms with Crippen molar-refractivity contribution in [1.82, 2.24) is 0 Å². The summed E-state index contributed by atoms with van der Waals surface area (Å²) in [4.78, 5) is 0. The predicted molar refractivity (Wildman–Crippen MR) is 79.9 cm³/mol. The normalized spacial score (nSPS) is 12.8. The Morgan fingerprint density at radius 3 is 2.50 bits per heavy atom. The van der Waals surface area contributed by atoms with Crippen LogP contribution in [0, 0.1) is 12.7 Å². The van der Waals surface area contributed by atoms with Crippen LogP contribution in [0.3, 0.4) is 0 Å². The highest BCUT2D eigenvalue weighted by Gasteiger charge is 2.20. The minimum atomic E-state index is -0.881. The van der Waals surface area contributed by atoms with Crippen molar-refractivity contribution < 1.29 is 9.50 Å². The van der Waals surface area contributed by atoms with Crippen molar-refractivity contribution in [2.45, 2.75) is 13.0 Å². The van der Waals surface area contributed by atoms with Crippen LogP contribution in [0.15, 0.2) is 25.8 Å². The largest absolute Gasteiger partial charge is 0.384 e. The minimum absolute atomic E-state index is 0.222. The van der Waals surface area contributed by atoms with Gasteiger partial charge >= 0.3 is 0 Å². The summed E-state index contributed by atoms with van der Waals surface area (Å²) in [5.41, 5.74) is 1.67. The van der Waals surface area contributed by atoms with E-state index in [9.17, 15) is 9.50 Å². The molecule has 0 bridgehead atoms. The fourth-order valence-electron chi connectivity index (χ4n) is 1.60. The molecule has 1 unspecified atom stereocenters. The molecule has 0 aliphatic carbocycles. The summed E-state index contributed by atoms with van der Waals surface area (Å²) >= 11 is 14.2. The van der Waals surface area contributed by atoms with E-state index in [4.69, 9.17) is 11.6 Å². The number of thiophene rings is 1. The van der Waals surface area contributed by atoms with Crippen molar-refractivity contribution in [3.8, 4) is 0 Å². The van der Waals surface area contributed by atoms with Gasteiger partial charge in [-0.1, -0.05) is 11.6 Å². The van der Waals surface area contributed by atoms with Gasteiger partial charge in [0.25, 0.3) is 0 Å². The lowest BCUT2D eigenvalue weighted by molar-refractivity contribution is 0.220. The molecule has 96 valence electrons. The average Bonchev–Trinajstić information content (AvgIpc) is 2.62. The van der Waals surface area contributed by atoms with Crippen molar-refractivity contribution in [2.75, 3.05) is 0 Å². The molecular weight excluding hydrogens is 406 g/mol. The van der Waals surface area contributed by atoms with E-state index in [0.717, 1.165) is 7.57 Å². The maximum absolute atomic E-state index is 13.3. The van der Waals surface area contributed by atoms with Crippen LogP contribution in [0.2, 0.25) is 5.02 Å². The quantitative estimate of drug-likeness (QED) is 0.692. The number of hydrogen-bond acceptors (Lipinski definition) is 2. The number of rotatable bonds is 2. The van der Waals surface area contributed by atoms with Crippen LogP contribution >= 0.6 is 54.8 Å². The van der Waals surface area contributed by atoms with Gasteiger partial charge in [-0.05, 0) is 62.5 Å². The molecule has 0 fully saturated rings. The molecule has 1 nitrogen and oxygen atoms in total. The molecule has 0 radical (unpaired) electrons. The Morgan fingerprint density at radius 1 is 1.28 bits per heavy atom. The second-order valence-electron chi connectivity index (χ2n) is 3.80. The van der Waals surface area contributed by atoms with Gasteiger partial charge in [0, 0.05) is 16.1 Å². The third-order valence-corrected chi connectivity index (χ3v) is 5.26. The molecule has 0 aliphatic rings. The molecule has 0 aliphatic heterocycles. The number of aliphatic hydroxyl groups excluding tert-OH is 1. The zero-order valence-corrected chi connectivity index (χ0v) is 13.9. The van der Waals surface area contributed by atoms with E-state index >= 15 is 0 Å². The molecule has 2 rings (SSSR count). The van der Waals surface area contributed by atoms with Crippen molar-refractivity contribution in [3.63, 3.8) is 0 Å². The van der Waals surface area contributed by atoms with Gasteiger partial charge in [0.2, 0.25) is 0 Å². The van der Waals surface area contributed by atoms with E-state index in [0.29, 0.717) is 16.7 Å². The molecule has 0 saturated heterocycles. The molecule has 0 saturated carbocycles. The zero-order valence-electron chi connectivity index (χ0n) is 9.18. The topological polar surface area (TPSA) is 20.2 Å². The van der Waals surface area contributed by atoms with Crippen molar-refractivity contribution in [3.05, 3.63) is 53.3 Å². The maximum Gasteiger partial charge on any atom is 0.127 e. The van der Waals surface area contributed by atoms with Crippen molar-refractivity contribution in [1.29, 1.82) is 0 Å². The molecule has 1 atom stereocenters. The Hall–Kier alpha value is 0.0600. The first-order valence-corrected chi connectivity index (χ1v) is 7.76. The lowest BCUT2D eigenvalue weighted by atomic mass is 10.0. The second kappa shape index (κ2) is 5.59. The lowest BCUT2D eigenvalue weighted by Gasteiger charge is -2.13. The highest BCUT2D eigenvalue weighted by Crippen LogP contribution is 2.39. The van der Waals surface area contributed by atoms with E-state index in [1.807, 2.05) is 6.07 Å². The highest BCUT2D eigenvalue weighted by molar-refractivity contribution is 9.12. The van der Waals surface area contributed by atoms with Crippen LogP contribution in [0.5, 0.6) is 0 Å². The number of benzene rings is 1. The Balaban J connectivity index is 2.49. The summed E-state index contributed by atoms with van der Waals surface area (Å²) in [5, 5.41) is 10.6. The fourth-order valence-corrected chi connectivity index (χ4v) is 4.73. The molecule has 0 spiro atoms. The van der Waals surface area contributed by atoms with Gasteiger partial charge in [-0.15, -0.1) is 11.3 Å². The Kier molecular flexibility index (Phi) is 4.49. The van der Waals surface area contributed by atoms with Crippen LogP contribution in [0.1, 0.15) is 22.8 Å². The maximum atomic E-state index is 13.3. The summed E-state index contributed by atoms with van der Waals surface area (Å²) in [5.74, 6) is -0.374. The van der Waals surface area contributed by atoms with Gasteiger partial charge in [0.15, 0.2) is 0 Å². The van der Waals surface area contributed by atoms with Gasteiger partial charge in [-0.2, -0.15) is 0 Å². The number of hydrogen-bond donors (Lipinski definition) is 1. The second-order valence-corrected chi connectivity index (χ2v) is 7.96. The first kappa shape index (κ1) is 14.5. The van der Waals surface area contributed by atoms with E-state index < -0.39 is 6.10 Å². The molecule has 2 aromatic rings. The van der Waals surface area contributed by atoms with Crippen LogP contribution in [-0.4, -0.2) is 5.11 Å². The Morgan fingerprint density at radius 2 is 1.94 bits per heavy atom. The van der Waals surface area contributed by atoms with Crippen LogP contribution < -0.4 is 0 Å². The Labute approximate surface area is 130 Å². The minimum Gasteiger partial charge on any atom is -0.384 e. The predicted octanol–water partition coefficient (Wildman–Crippen LogP) is 5.46. The number of aliphatic hydroxyl groups is 1. The molecule has 0 amide bonds. The zero-order chi connectivity index (χ0) is 13.4. The van der Waals surface area contributed by atoms with E-state index in [2.05, 4.69) is 31.9 Å². The van der Waals surface area contributed by atoms with Crippen LogP contribution in [0.4, 0.5) is 4.39 Å². The van der Waals surface area contributed by atoms with E-state index in [-0.39, 0.29) is 10.8 Å². The smallest absolute Gasteiger partial charge is 0.127 e. The first-order valence-electron chi connectivity index (χ1n) is 4.98. The molecule has 6 heteroatoms. The van der Waals surface area contributed by atoms with Gasteiger partial charge < -0.3 is 5.11 Å². The molecule has 1 N–H and O–H groups in total. The standard InChI is InChI=1S/C12H8Br2ClFOS/c1-5-2-6(8(15)4-9(5)16)11(17)7-3-10(13)18-12(7)14/h2-4,11,17H,1H3. The summed E-state index contributed by atoms with van der Waals surface area (Å²) in [6, 6.07) is 4.61. The fraction of sp³-hybridized carbons (Fsp3) is 0.167. The summed E-state index contributed by atoms with van der Waals surface area (Å²) < 4.78 is 15.0. The van der Waals surface area contributed by atoms with Crippen molar-refractivity contribution >= 4 is 54.8 Å². The van der Waals surface area contributed by atoms with Crippen molar-refractivity contribution in [2.24, 2.45) is 0 Å². The molecule has 1 aromatic heterocycles. The number of aryl methyl sites for hydroxylation is 1. The SMILES string of the molecule is Cc1cc(C(O)c2cc(Br)sc2Br)c(Cl)cc1F. The first-order chi connectivity index (χ1) is 8.40.